The van der Waals surface area contributed by atoms with Gasteiger partial charge in [-0.25, -0.2) is 4.79 Å². The quantitative estimate of drug-likeness (QED) is 0.379. The number of esters is 4. The molecule has 0 aromatic carbocycles. The average molecular weight is 356 g/mol. The van der Waals surface area contributed by atoms with Gasteiger partial charge in [0.15, 0.2) is 18.3 Å². The Bertz CT molecular complexity index is 590. The van der Waals surface area contributed by atoms with Gasteiger partial charge in [0.05, 0.1) is 13.4 Å². The lowest BCUT2D eigenvalue weighted by molar-refractivity contribution is -0.180. The second kappa shape index (κ2) is 9.45. The molecule has 9 nitrogen and oxygen atoms in total. The lowest BCUT2D eigenvalue weighted by Gasteiger charge is -2.35. The number of carbonyl (C=O) groups is 4. The molecule has 138 valence electrons. The zero-order valence-electron chi connectivity index (χ0n) is 14.3. The van der Waals surface area contributed by atoms with E-state index in [2.05, 4.69) is 4.74 Å². The summed E-state index contributed by atoms with van der Waals surface area (Å²) >= 11 is 0. The van der Waals surface area contributed by atoms with E-state index < -0.39 is 42.2 Å². The summed E-state index contributed by atoms with van der Waals surface area (Å²) in [4.78, 5) is 45.1. The maximum atomic E-state index is 11.4. The highest BCUT2D eigenvalue weighted by Gasteiger charge is 2.41. The van der Waals surface area contributed by atoms with Crippen LogP contribution in [0.15, 0.2) is 24.0 Å². The highest BCUT2D eigenvalue weighted by atomic mass is 16.6. The molecule has 0 fully saturated rings. The molecular formula is C16H20O9. The van der Waals surface area contributed by atoms with Gasteiger partial charge in [-0.15, -0.1) is 0 Å². The highest BCUT2D eigenvalue weighted by Crippen LogP contribution is 2.26. The third kappa shape index (κ3) is 6.66. The summed E-state index contributed by atoms with van der Waals surface area (Å²) < 4.78 is 25.2. The van der Waals surface area contributed by atoms with Crippen molar-refractivity contribution >= 4 is 23.9 Å². The molecule has 1 rings (SSSR count). The molecule has 0 radical (unpaired) electrons. The largest absolute Gasteiger partial charge is 0.490 e. The number of rotatable bonds is 6. The van der Waals surface area contributed by atoms with Gasteiger partial charge in [-0.05, 0) is 6.08 Å². The minimum atomic E-state index is -1.07. The summed E-state index contributed by atoms with van der Waals surface area (Å²) in [6.45, 7) is 3.36. The molecule has 0 bridgehead atoms. The Hall–Kier alpha value is -2.84. The molecule has 25 heavy (non-hydrogen) atoms. The molecule has 0 unspecified atom stereocenters. The first-order valence-electron chi connectivity index (χ1n) is 7.34. The van der Waals surface area contributed by atoms with E-state index in [1.54, 1.807) is 0 Å². The van der Waals surface area contributed by atoms with Gasteiger partial charge in [-0.3, -0.25) is 14.4 Å². The molecule has 0 aliphatic carbocycles. The van der Waals surface area contributed by atoms with Crippen molar-refractivity contribution in [3.05, 3.63) is 24.0 Å². The third-order valence-electron chi connectivity index (χ3n) is 3.03. The summed E-state index contributed by atoms with van der Waals surface area (Å²) in [5, 5.41) is 0. The van der Waals surface area contributed by atoms with Gasteiger partial charge in [-0.2, -0.15) is 0 Å². The topological polar surface area (TPSA) is 114 Å². The maximum absolute atomic E-state index is 11.4. The Labute approximate surface area is 144 Å². The van der Waals surface area contributed by atoms with Crippen molar-refractivity contribution in [1.29, 1.82) is 0 Å². The molecule has 3 atom stereocenters. The molecule has 0 N–H and O–H groups in total. The first-order valence-corrected chi connectivity index (χ1v) is 7.34. The van der Waals surface area contributed by atoms with Gasteiger partial charge in [0.1, 0.15) is 6.61 Å². The van der Waals surface area contributed by atoms with E-state index in [9.17, 15) is 19.2 Å². The first-order chi connectivity index (χ1) is 11.7. The molecule has 9 heteroatoms. The van der Waals surface area contributed by atoms with E-state index in [1.165, 1.54) is 40.2 Å². The van der Waals surface area contributed by atoms with Crippen molar-refractivity contribution in [1.82, 2.24) is 0 Å². The van der Waals surface area contributed by atoms with Crippen molar-refractivity contribution in [3.8, 4) is 0 Å². The summed E-state index contributed by atoms with van der Waals surface area (Å²) in [5.74, 6) is -2.45. The van der Waals surface area contributed by atoms with E-state index in [-0.39, 0.29) is 12.2 Å². The Kier molecular flexibility index (Phi) is 7.64. The van der Waals surface area contributed by atoms with Crippen molar-refractivity contribution in [2.45, 2.75) is 39.1 Å². The van der Waals surface area contributed by atoms with Crippen LogP contribution in [0.1, 0.15) is 20.8 Å². The van der Waals surface area contributed by atoms with Crippen LogP contribution in [0.5, 0.6) is 0 Å². The number of carbonyl (C=O) groups excluding carboxylic acids is 4. The smallest absolute Gasteiger partial charge is 0.330 e. The van der Waals surface area contributed by atoms with Crippen molar-refractivity contribution in [3.63, 3.8) is 0 Å². The van der Waals surface area contributed by atoms with Crippen molar-refractivity contribution in [2.24, 2.45) is 0 Å². The molecular weight excluding hydrogens is 336 g/mol. The number of hydrogen-bond donors (Lipinski definition) is 0. The number of ether oxygens (including phenoxy) is 5. The standard InChI is InChI=1S/C16H20O9/c1-9(17)22-8-13-16(25-11(3)19)15(24-10(2)18)12(7-23-13)5-6-14(20)21-4/h5-7,13,15-16H,8H2,1-4H3/b6-5+/t13-,15-,16+/m1/s1. The summed E-state index contributed by atoms with van der Waals surface area (Å²) in [6, 6.07) is 0. The summed E-state index contributed by atoms with van der Waals surface area (Å²) in [5.41, 5.74) is 0.269. The van der Waals surface area contributed by atoms with Crippen LogP contribution in [0.3, 0.4) is 0 Å². The van der Waals surface area contributed by atoms with Crippen LogP contribution >= 0.6 is 0 Å². The molecule has 0 amide bonds. The Morgan fingerprint density at radius 3 is 2.24 bits per heavy atom. The number of hydrogen-bond acceptors (Lipinski definition) is 9. The SMILES string of the molecule is COC(=O)/C=C/C1=CO[C@H](COC(C)=O)[C@H](OC(C)=O)[C@@H]1OC(C)=O. The molecule has 0 aromatic rings. The molecule has 0 saturated carbocycles. The zero-order valence-corrected chi connectivity index (χ0v) is 14.3. The maximum Gasteiger partial charge on any atom is 0.330 e. The van der Waals surface area contributed by atoms with Crippen molar-refractivity contribution in [2.75, 3.05) is 13.7 Å². The molecule has 0 spiro atoms. The minimum absolute atomic E-state index is 0.213. The second-order valence-electron chi connectivity index (χ2n) is 5.06. The Morgan fingerprint density at radius 2 is 1.72 bits per heavy atom. The predicted octanol–water partition coefficient (Wildman–Crippen LogP) is 0.425. The average Bonchev–Trinajstić information content (AvgIpc) is 2.52. The minimum Gasteiger partial charge on any atom is -0.490 e. The van der Waals surface area contributed by atoms with Crippen molar-refractivity contribution < 1.29 is 42.9 Å². The van der Waals surface area contributed by atoms with E-state index in [1.807, 2.05) is 0 Å². The van der Waals surface area contributed by atoms with E-state index in [0.717, 1.165) is 6.08 Å². The highest BCUT2D eigenvalue weighted by molar-refractivity contribution is 5.82. The van der Waals surface area contributed by atoms with Crippen LogP contribution in [-0.2, 0) is 42.9 Å². The van der Waals surface area contributed by atoms with E-state index in [4.69, 9.17) is 18.9 Å². The second-order valence-corrected chi connectivity index (χ2v) is 5.06. The first kappa shape index (κ1) is 20.2. The Balaban J connectivity index is 3.12. The fourth-order valence-electron chi connectivity index (χ4n) is 2.04. The van der Waals surface area contributed by atoms with Gasteiger partial charge in [0.2, 0.25) is 0 Å². The van der Waals surface area contributed by atoms with Gasteiger partial charge in [0, 0.05) is 32.4 Å². The molecule has 0 saturated heterocycles. The van der Waals surface area contributed by atoms with Gasteiger partial charge in [0.25, 0.3) is 0 Å². The molecule has 0 aromatic heterocycles. The molecule has 1 heterocycles. The van der Waals surface area contributed by atoms with Gasteiger partial charge in [-0.1, -0.05) is 0 Å². The predicted molar refractivity (Wildman–Crippen MR) is 81.9 cm³/mol. The third-order valence-corrected chi connectivity index (χ3v) is 3.03. The van der Waals surface area contributed by atoms with E-state index >= 15 is 0 Å². The van der Waals surface area contributed by atoms with Crippen LogP contribution in [0, 0.1) is 0 Å². The fourth-order valence-corrected chi connectivity index (χ4v) is 2.04. The fraction of sp³-hybridized carbons (Fsp3) is 0.500. The summed E-state index contributed by atoms with van der Waals surface area (Å²) in [6.07, 6.45) is 0.661. The summed E-state index contributed by atoms with van der Waals surface area (Å²) in [7, 11) is 1.21. The van der Waals surface area contributed by atoms with Gasteiger partial charge < -0.3 is 23.7 Å². The lowest BCUT2D eigenvalue weighted by atomic mass is 9.98. The monoisotopic (exact) mass is 356 g/mol. The Morgan fingerprint density at radius 1 is 1.08 bits per heavy atom. The van der Waals surface area contributed by atoms with Crippen LogP contribution in [0.25, 0.3) is 0 Å². The van der Waals surface area contributed by atoms with Crippen LogP contribution in [0.4, 0.5) is 0 Å². The molecule has 1 aliphatic rings. The van der Waals surface area contributed by atoms with Crippen LogP contribution in [0.2, 0.25) is 0 Å². The van der Waals surface area contributed by atoms with E-state index in [0.29, 0.717) is 0 Å². The van der Waals surface area contributed by atoms with Crippen LogP contribution < -0.4 is 0 Å². The normalized spacial score (nSPS) is 22.4. The zero-order chi connectivity index (χ0) is 19.0. The molecule has 1 aliphatic heterocycles. The van der Waals surface area contributed by atoms with Gasteiger partial charge >= 0.3 is 23.9 Å². The lowest BCUT2D eigenvalue weighted by Crippen LogP contribution is -2.49. The van der Waals surface area contributed by atoms with Crippen LogP contribution in [-0.4, -0.2) is 55.9 Å². The number of methoxy groups -OCH3 is 1.